The van der Waals surface area contributed by atoms with Gasteiger partial charge in [-0.15, -0.1) is 16.4 Å². The van der Waals surface area contributed by atoms with Crippen LogP contribution in [0.1, 0.15) is 5.01 Å². The molecule has 3 rings (SSSR count). The predicted molar refractivity (Wildman–Crippen MR) is 98.9 cm³/mol. The van der Waals surface area contributed by atoms with Gasteiger partial charge in [-0.3, -0.25) is 5.32 Å². The summed E-state index contributed by atoms with van der Waals surface area (Å²) in [6.07, 6.45) is 0. The van der Waals surface area contributed by atoms with Gasteiger partial charge < -0.3 is 23.9 Å². The van der Waals surface area contributed by atoms with Crippen LogP contribution in [-0.4, -0.2) is 42.5 Å². The number of nitrogens with zero attached hydrogens (tertiary/aromatic N) is 3. The number of nitrogens with one attached hydrogen (secondary N) is 2. The Morgan fingerprint density at radius 3 is 2.33 bits per heavy atom. The van der Waals surface area contributed by atoms with Crippen molar-refractivity contribution in [3.8, 4) is 28.8 Å². The Balaban J connectivity index is 1.72. The van der Waals surface area contributed by atoms with Crippen LogP contribution in [0.5, 0.6) is 17.2 Å². The monoisotopic (exact) mass is 391 g/mol. The molecule has 0 radical (unpaired) electrons. The van der Waals surface area contributed by atoms with Crippen molar-refractivity contribution in [3.05, 3.63) is 22.5 Å². The average molecular weight is 391 g/mol. The molecule has 11 heteroatoms. The lowest BCUT2D eigenvalue weighted by Gasteiger charge is -2.14. The molecule has 0 bridgehead atoms. The maximum Gasteiger partial charge on any atom is 0.327 e. The van der Waals surface area contributed by atoms with E-state index in [9.17, 15) is 4.79 Å². The minimum atomic E-state index is -0.575. The van der Waals surface area contributed by atoms with E-state index < -0.39 is 6.03 Å². The number of benzene rings is 1. The molecule has 0 aliphatic rings. The highest BCUT2D eigenvalue weighted by Crippen LogP contribution is 2.39. The molecule has 142 valence electrons. The van der Waals surface area contributed by atoms with Crippen LogP contribution in [0, 0.1) is 6.92 Å². The third-order valence-electron chi connectivity index (χ3n) is 3.41. The van der Waals surface area contributed by atoms with Crippen molar-refractivity contribution in [2.45, 2.75) is 6.92 Å². The zero-order chi connectivity index (χ0) is 19.4. The molecule has 0 saturated carbocycles. The quantitative estimate of drug-likeness (QED) is 0.657. The standard InChI is InChI=1S/C16H17N5O5S/c1-8-17-10(7-27-8)14-20-21-16(26-14)19-15(22)18-9-5-11(23-2)13(25-4)12(6-9)24-3/h5-7H,1-4H3,(H2,18,19,21,22). The van der Waals surface area contributed by atoms with E-state index in [1.54, 1.807) is 17.5 Å². The van der Waals surface area contributed by atoms with Gasteiger partial charge in [0, 0.05) is 17.5 Å². The largest absolute Gasteiger partial charge is 0.493 e. The van der Waals surface area contributed by atoms with Gasteiger partial charge in [0.05, 0.1) is 32.0 Å². The van der Waals surface area contributed by atoms with E-state index in [2.05, 4.69) is 25.8 Å². The van der Waals surface area contributed by atoms with Gasteiger partial charge in [0.2, 0.25) is 5.75 Å². The van der Waals surface area contributed by atoms with Gasteiger partial charge >= 0.3 is 12.0 Å². The fraction of sp³-hybridized carbons (Fsp3) is 0.250. The van der Waals surface area contributed by atoms with E-state index in [0.717, 1.165) is 5.01 Å². The Labute approximate surface area is 158 Å². The molecule has 1 aromatic carbocycles. The molecule has 10 nitrogen and oxygen atoms in total. The van der Waals surface area contributed by atoms with Crippen molar-refractivity contribution >= 4 is 29.1 Å². The van der Waals surface area contributed by atoms with Crippen molar-refractivity contribution in [1.82, 2.24) is 15.2 Å². The summed E-state index contributed by atoms with van der Waals surface area (Å²) in [6, 6.07) is 2.56. The first-order valence-corrected chi connectivity index (χ1v) is 8.56. The molecule has 0 unspecified atom stereocenters. The summed E-state index contributed by atoms with van der Waals surface area (Å²) in [5.41, 5.74) is 0.986. The van der Waals surface area contributed by atoms with E-state index >= 15 is 0 Å². The van der Waals surface area contributed by atoms with Crippen LogP contribution >= 0.6 is 11.3 Å². The molecule has 2 aromatic heterocycles. The number of ether oxygens (including phenoxy) is 3. The van der Waals surface area contributed by atoms with Crippen molar-refractivity contribution < 1.29 is 23.4 Å². The molecule has 0 atom stereocenters. The predicted octanol–water partition coefficient (Wildman–Crippen LogP) is 3.17. The summed E-state index contributed by atoms with van der Waals surface area (Å²) in [4.78, 5) is 16.5. The van der Waals surface area contributed by atoms with E-state index in [1.165, 1.54) is 32.7 Å². The van der Waals surface area contributed by atoms with E-state index in [0.29, 0.717) is 28.6 Å². The number of anilines is 2. The lowest BCUT2D eigenvalue weighted by molar-refractivity contribution is 0.261. The first kappa shape index (κ1) is 18.5. The van der Waals surface area contributed by atoms with Crippen LogP contribution in [0.2, 0.25) is 0 Å². The molecular weight excluding hydrogens is 374 g/mol. The minimum absolute atomic E-state index is 0.0550. The number of rotatable bonds is 6. The molecule has 0 saturated heterocycles. The molecule has 0 spiro atoms. The van der Waals surface area contributed by atoms with Gasteiger partial charge in [-0.25, -0.2) is 9.78 Å². The summed E-state index contributed by atoms with van der Waals surface area (Å²) in [6.45, 7) is 1.87. The number of aryl methyl sites for hydroxylation is 1. The lowest BCUT2D eigenvalue weighted by atomic mass is 10.2. The van der Waals surface area contributed by atoms with Crippen molar-refractivity contribution in [3.63, 3.8) is 0 Å². The average Bonchev–Trinajstić information content (AvgIpc) is 3.29. The van der Waals surface area contributed by atoms with Crippen LogP contribution in [0.15, 0.2) is 21.9 Å². The molecule has 0 aliphatic carbocycles. The lowest BCUT2D eigenvalue weighted by Crippen LogP contribution is -2.19. The van der Waals surface area contributed by atoms with E-state index in [-0.39, 0.29) is 11.9 Å². The smallest absolute Gasteiger partial charge is 0.327 e. The number of urea groups is 1. The zero-order valence-corrected chi connectivity index (χ0v) is 15.8. The van der Waals surface area contributed by atoms with E-state index in [4.69, 9.17) is 18.6 Å². The fourth-order valence-electron chi connectivity index (χ4n) is 2.25. The highest BCUT2D eigenvalue weighted by molar-refractivity contribution is 7.09. The number of amides is 2. The number of carbonyl (C=O) groups excluding carboxylic acids is 1. The van der Waals surface area contributed by atoms with Crippen molar-refractivity contribution in [1.29, 1.82) is 0 Å². The van der Waals surface area contributed by atoms with Crippen LogP contribution in [-0.2, 0) is 0 Å². The fourth-order valence-corrected chi connectivity index (χ4v) is 2.84. The van der Waals surface area contributed by atoms with Crippen LogP contribution in [0.25, 0.3) is 11.6 Å². The highest BCUT2D eigenvalue weighted by atomic mass is 32.1. The molecular formula is C16H17N5O5S. The molecule has 2 heterocycles. The Bertz CT molecular complexity index is 929. The molecule has 27 heavy (non-hydrogen) atoms. The van der Waals surface area contributed by atoms with E-state index in [1.807, 2.05) is 6.92 Å². The SMILES string of the molecule is COc1cc(NC(=O)Nc2nnc(-c3csc(C)n3)o2)cc(OC)c1OC. The number of methoxy groups -OCH3 is 3. The minimum Gasteiger partial charge on any atom is -0.493 e. The van der Waals surface area contributed by atoms with Crippen LogP contribution < -0.4 is 24.8 Å². The Morgan fingerprint density at radius 2 is 1.78 bits per heavy atom. The first-order chi connectivity index (χ1) is 13.0. The first-order valence-electron chi connectivity index (χ1n) is 7.68. The number of hydrogen-bond donors (Lipinski definition) is 2. The second kappa shape index (κ2) is 7.91. The Morgan fingerprint density at radius 1 is 1.07 bits per heavy atom. The molecule has 2 N–H and O–H groups in total. The Hall–Kier alpha value is -3.34. The van der Waals surface area contributed by atoms with Gasteiger partial charge in [-0.2, -0.15) is 0 Å². The summed E-state index contributed by atoms with van der Waals surface area (Å²) in [7, 11) is 4.47. The highest BCUT2D eigenvalue weighted by Gasteiger charge is 2.16. The Kier molecular flexibility index (Phi) is 5.41. The topological polar surface area (TPSA) is 121 Å². The van der Waals surface area contributed by atoms with Gasteiger partial charge in [0.15, 0.2) is 11.5 Å². The third-order valence-corrected chi connectivity index (χ3v) is 4.18. The second-order valence-corrected chi connectivity index (χ2v) is 6.22. The van der Waals surface area contributed by atoms with Crippen LogP contribution in [0.4, 0.5) is 16.5 Å². The van der Waals surface area contributed by atoms with Gasteiger partial charge in [0.1, 0.15) is 5.69 Å². The number of hydrogen-bond acceptors (Lipinski definition) is 9. The molecule has 0 fully saturated rings. The van der Waals surface area contributed by atoms with Gasteiger partial charge in [-0.05, 0) is 6.92 Å². The van der Waals surface area contributed by atoms with Crippen LogP contribution in [0.3, 0.4) is 0 Å². The third kappa shape index (κ3) is 4.08. The normalized spacial score (nSPS) is 10.4. The summed E-state index contributed by atoms with van der Waals surface area (Å²) >= 11 is 1.46. The second-order valence-electron chi connectivity index (χ2n) is 5.16. The zero-order valence-electron chi connectivity index (χ0n) is 15.0. The van der Waals surface area contributed by atoms with Crippen molar-refractivity contribution in [2.24, 2.45) is 0 Å². The van der Waals surface area contributed by atoms with Gasteiger partial charge in [-0.1, -0.05) is 5.10 Å². The summed E-state index contributed by atoms with van der Waals surface area (Å²) < 4.78 is 21.1. The molecule has 2 amide bonds. The van der Waals surface area contributed by atoms with Crippen molar-refractivity contribution in [2.75, 3.05) is 32.0 Å². The molecule has 3 aromatic rings. The molecule has 0 aliphatic heterocycles. The maximum atomic E-state index is 12.2. The number of aromatic nitrogens is 3. The number of carbonyl (C=O) groups is 1. The maximum absolute atomic E-state index is 12.2. The summed E-state index contributed by atoms with van der Waals surface area (Å²) in [5, 5.41) is 15.4. The summed E-state index contributed by atoms with van der Waals surface area (Å²) in [5.74, 6) is 1.46. The van der Waals surface area contributed by atoms with Gasteiger partial charge in [0.25, 0.3) is 5.89 Å². The number of thiazole rings is 1.